The van der Waals surface area contributed by atoms with Crippen molar-refractivity contribution in [3.63, 3.8) is 0 Å². The molecule has 2 atom stereocenters. The highest BCUT2D eigenvalue weighted by Gasteiger charge is 2.59. The van der Waals surface area contributed by atoms with Crippen LogP contribution in [0.5, 0.6) is 0 Å². The lowest BCUT2D eigenvalue weighted by Crippen LogP contribution is -2.44. The van der Waals surface area contributed by atoms with Gasteiger partial charge in [-0.05, 0) is 154 Å². The van der Waals surface area contributed by atoms with E-state index >= 15 is 0 Å². The number of hydrogen-bond acceptors (Lipinski definition) is 4. The Labute approximate surface area is 376 Å². The molecule has 2 unspecified atom stereocenters. The Kier molecular flexibility index (Phi) is 17.2. The summed E-state index contributed by atoms with van der Waals surface area (Å²) >= 11 is 35.4. The monoisotopic (exact) mass is 956 g/mol. The van der Waals surface area contributed by atoms with Crippen molar-refractivity contribution in [2.75, 3.05) is 31.1 Å². The highest BCUT2D eigenvalue weighted by Crippen LogP contribution is 2.50. The number of benzene rings is 4. The van der Waals surface area contributed by atoms with E-state index in [-0.39, 0.29) is 75.3 Å². The minimum atomic E-state index is -4.44. The summed E-state index contributed by atoms with van der Waals surface area (Å²) in [4.78, 5) is 23.8. The van der Waals surface area contributed by atoms with Gasteiger partial charge in [-0.15, -0.1) is 0 Å². The second-order valence-corrected chi connectivity index (χ2v) is 17.9. The van der Waals surface area contributed by atoms with Crippen LogP contribution in [0.1, 0.15) is 72.9 Å². The Morgan fingerprint density at radius 1 is 0.650 bits per heavy atom. The van der Waals surface area contributed by atoms with Crippen LogP contribution in [-0.2, 0) is 33.3 Å². The predicted molar refractivity (Wildman–Crippen MR) is 233 cm³/mol. The van der Waals surface area contributed by atoms with E-state index in [1.807, 2.05) is 38.1 Å². The fourth-order valence-corrected chi connectivity index (χ4v) is 9.22. The molecule has 0 bridgehead atoms. The molecule has 0 radical (unpaired) electrons. The molecule has 0 amide bonds. The maximum atomic E-state index is 14.2. The largest absolute Gasteiger partial charge is 0.400 e. The first-order valence-corrected chi connectivity index (χ1v) is 21.2. The van der Waals surface area contributed by atoms with E-state index in [9.17, 15) is 35.9 Å². The maximum Gasteiger partial charge on any atom is 0.400 e. The molecular weight excluding hydrogens is 915 g/mol. The average molecular weight is 960 g/mol. The number of halogens is 12. The molecule has 2 aliphatic rings. The predicted octanol–water partition coefficient (Wildman–Crippen LogP) is 14.1. The Balaban J connectivity index is 0.000000217. The third-order valence-corrected chi connectivity index (χ3v) is 12.3. The molecule has 60 heavy (non-hydrogen) atoms. The van der Waals surface area contributed by atoms with Gasteiger partial charge in [0.2, 0.25) is 0 Å². The first-order valence-electron chi connectivity index (χ1n) is 18.9. The van der Waals surface area contributed by atoms with Gasteiger partial charge in [-0.2, -0.15) is 26.3 Å². The molecule has 326 valence electrons. The third-order valence-electron chi connectivity index (χ3n) is 10.9. The first kappa shape index (κ1) is 50.0. The molecule has 0 aliphatic carbocycles. The number of aryl methyl sites for hydroxylation is 3. The molecule has 6 rings (SSSR count). The van der Waals surface area contributed by atoms with Crippen LogP contribution in [-0.4, -0.2) is 50.1 Å². The van der Waals surface area contributed by atoms with Crippen LogP contribution in [0.25, 0.3) is 0 Å². The molecule has 1 N–H and O–H groups in total. The summed E-state index contributed by atoms with van der Waals surface area (Å²) < 4.78 is 82.4. The lowest BCUT2D eigenvalue weighted by atomic mass is 9.79. The summed E-state index contributed by atoms with van der Waals surface area (Å²) in [6.45, 7) is 7.29. The molecule has 0 spiro atoms. The van der Waals surface area contributed by atoms with E-state index < -0.39 is 23.2 Å². The van der Waals surface area contributed by atoms with Crippen LogP contribution < -0.4 is 10.2 Å². The molecular formula is C44H44Cl6F6N2O2. The topological polar surface area (TPSA) is 49.4 Å². The summed E-state index contributed by atoms with van der Waals surface area (Å²) in [7, 11) is 0. The van der Waals surface area contributed by atoms with Gasteiger partial charge >= 0.3 is 12.4 Å². The van der Waals surface area contributed by atoms with Crippen LogP contribution in [0.15, 0.2) is 66.7 Å². The molecule has 16 heteroatoms. The number of carbonyl (C=O) groups is 2. The summed E-state index contributed by atoms with van der Waals surface area (Å²) in [6, 6.07) is 17.5. The molecule has 2 fully saturated rings. The van der Waals surface area contributed by atoms with Crippen molar-refractivity contribution in [2.24, 2.45) is 0 Å². The second kappa shape index (κ2) is 20.7. The van der Waals surface area contributed by atoms with Gasteiger partial charge in [-0.25, -0.2) is 0 Å². The molecule has 2 saturated heterocycles. The molecule has 4 aromatic carbocycles. The lowest BCUT2D eigenvalue weighted by Gasteiger charge is -2.33. The van der Waals surface area contributed by atoms with E-state index in [1.54, 1.807) is 24.8 Å². The van der Waals surface area contributed by atoms with E-state index in [0.717, 1.165) is 27.9 Å². The SMILES string of the molecule is CC(=O)CCc1c(C)cc(Cl)cc1Cl.CC(=O)CCc1ccc(N2CCC(c3cc(Cl)cc(Cl)c3)(C(F)(F)F)C2)cc1C.FC(F)(F)C1(c2cc(Cl)cc(Cl)c2)CCNC1. The number of nitrogens with zero attached hydrogens (tertiary/aromatic N) is 1. The van der Waals surface area contributed by atoms with Gasteiger partial charge in [0.25, 0.3) is 0 Å². The fraction of sp³-hybridized carbons (Fsp3) is 0.409. The number of anilines is 1. The summed E-state index contributed by atoms with van der Waals surface area (Å²) in [5, 5.41) is 4.88. The van der Waals surface area contributed by atoms with Crippen molar-refractivity contribution in [1.29, 1.82) is 0 Å². The number of Topliss-reactive ketones (excluding diaryl/α,β-unsaturated/α-hetero) is 2. The Bertz CT molecular complexity index is 2110. The van der Waals surface area contributed by atoms with Crippen LogP contribution in [0, 0.1) is 13.8 Å². The third kappa shape index (κ3) is 12.5. The number of rotatable bonds is 9. The van der Waals surface area contributed by atoms with E-state index in [1.165, 1.54) is 36.4 Å². The van der Waals surface area contributed by atoms with Crippen LogP contribution in [0.3, 0.4) is 0 Å². The van der Waals surface area contributed by atoms with Crippen molar-refractivity contribution in [2.45, 2.75) is 89.4 Å². The number of carbonyl (C=O) groups excluding carboxylic acids is 2. The van der Waals surface area contributed by atoms with Crippen molar-refractivity contribution >= 4 is 86.9 Å². The molecule has 4 nitrogen and oxygen atoms in total. The quantitative estimate of drug-likeness (QED) is 0.170. The number of ketones is 2. The first-order chi connectivity index (χ1) is 27.9. The minimum Gasteiger partial charge on any atom is -0.370 e. The summed E-state index contributed by atoms with van der Waals surface area (Å²) in [6.07, 6.45) is -6.51. The van der Waals surface area contributed by atoms with E-state index in [2.05, 4.69) is 5.32 Å². The highest BCUT2D eigenvalue weighted by atomic mass is 35.5. The fourth-order valence-electron chi connectivity index (χ4n) is 7.48. The number of nitrogens with one attached hydrogen (secondary N) is 1. The Hall–Kier alpha value is -2.70. The summed E-state index contributed by atoms with van der Waals surface area (Å²) in [5.74, 6) is 0.290. The van der Waals surface area contributed by atoms with Gasteiger partial charge in [0.15, 0.2) is 0 Å². The number of alkyl halides is 6. The van der Waals surface area contributed by atoms with Crippen molar-refractivity contribution < 1.29 is 35.9 Å². The standard InChI is InChI=1S/C22H22Cl2F3NO.C11H10Cl2F3N.C11H12Cl2O/c1-14-9-20(6-5-16(14)4-3-15(2)29)28-8-7-21(13-28,22(25,26)27)17-10-18(23)12-19(24)11-17;12-8-3-7(4-9(13)5-8)10(11(14,15)16)1-2-17-6-10;1-7-5-9(12)6-11(13)10(7)4-3-8(2)14/h5-6,9-12H,3-4,7-8,13H2,1-2H3;3-5,17H,1-2,6H2;5-6H,3-4H2,1-2H3. The van der Waals surface area contributed by atoms with Crippen LogP contribution in [0.2, 0.25) is 30.1 Å². The molecule has 2 aliphatic heterocycles. The van der Waals surface area contributed by atoms with Gasteiger partial charge in [0.1, 0.15) is 22.4 Å². The number of hydrogen-bond donors (Lipinski definition) is 1. The van der Waals surface area contributed by atoms with Crippen molar-refractivity contribution in [1.82, 2.24) is 5.32 Å². The van der Waals surface area contributed by atoms with E-state index in [4.69, 9.17) is 69.6 Å². The van der Waals surface area contributed by atoms with Crippen molar-refractivity contribution in [3.05, 3.63) is 130 Å². The molecule has 4 aromatic rings. The molecule has 2 heterocycles. The van der Waals surface area contributed by atoms with Gasteiger partial charge in [-0.1, -0.05) is 75.7 Å². The Morgan fingerprint density at radius 3 is 1.60 bits per heavy atom. The molecule has 0 aromatic heterocycles. The smallest absolute Gasteiger partial charge is 0.370 e. The summed E-state index contributed by atoms with van der Waals surface area (Å²) in [5.41, 5.74) is 1.14. The van der Waals surface area contributed by atoms with Gasteiger partial charge in [0.05, 0.1) is 0 Å². The zero-order valence-electron chi connectivity index (χ0n) is 33.2. The zero-order chi connectivity index (χ0) is 44.8. The van der Waals surface area contributed by atoms with Gasteiger partial charge in [0, 0.05) is 68.3 Å². The molecule has 0 saturated carbocycles. The van der Waals surface area contributed by atoms with Crippen LogP contribution in [0.4, 0.5) is 32.0 Å². The minimum absolute atomic E-state index is 0.00711. The van der Waals surface area contributed by atoms with Gasteiger partial charge in [-0.3, -0.25) is 0 Å². The lowest BCUT2D eigenvalue weighted by molar-refractivity contribution is -0.185. The van der Waals surface area contributed by atoms with E-state index in [0.29, 0.717) is 42.3 Å². The normalized spacial score (nSPS) is 19.0. The highest BCUT2D eigenvalue weighted by molar-refractivity contribution is 6.36. The Morgan fingerprint density at radius 2 is 1.15 bits per heavy atom. The second-order valence-electron chi connectivity index (χ2n) is 15.3. The average Bonchev–Trinajstić information content (AvgIpc) is 3.81. The van der Waals surface area contributed by atoms with Crippen LogP contribution >= 0.6 is 69.6 Å². The zero-order valence-corrected chi connectivity index (χ0v) is 37.8. The van der Waals surface area contributed by atoms with Gasteiger partial charge < -0.3 is 19.8 Å². The van der Waals surface area contributed by atoms with Crippen molar-refractivity contribution in [3.8, 4) is 0 Å². The maximum absolute atomic E-state index is 14.2.